The van der Waals surface area contributed by atoms with E-state index in [1.54, 1.807) is 36.4 Å². The van der Waals surface area contributed by atoms with Crippen LogP contribution in [0.25, 0.3) is 6.08 Å². The summed E-state index contributed by atoms with van der Waals surface area (Å²) >= 11 is 3.30. The second kappa shape index (κ2) is 10.5. The van der Waals surface area contributed by atoms with E-state index in [1.807, 2.05) is 32.0 Å². The Morgan fingerprint density at radius 2 is 1.76 bits per heavy atom. The summed E-state index contributed by atoms with van der Waals surface area (Å²) in [6, 6.07) is 20.2. The van der Waals surface area contributed by atoms with Crippen LogP contribution in [0.4, 0.5) is 5.69 Å². The fourth-order valence-electron chi connectivity index (χ4n) is 2.88. The van der Waals surface area contributed by atoms with Gasteiger partial charge < -0.3 is 9.50 Å². The lowest BCUT2D eigenvalue weighted by Crippen LogP contribution is -2.13. The first-order valence-electron chi connectivity index (χ1n) is 10.0. The van der Waals surface area contributed by atoms with Gasteiger partial charge in [0.2, 0.25) is 0 Å². The maximum Gasteiger partial charge on any atom is 0.339 e. The van der Waals surface area contributed by atoms with Crippen LogP contribution in [-0.4, -0.2) is 14.3 Å². The summed E-state index contributed by atoms with van der Waals surface area (Å²) in [7, 11) is -4.01. The quantitative estimate of drug-likeness (QED) is 0.245. The molecule has 0 aliphatic carbocycles. The minimum absolute atomic E-state index is 0.0411. The number of hydrogen-bond donors (Lipinski definition) is 1. The zero-order valence-corrected chi connectivity index (χ0v) is 20.4. The van der Waals surface area contributed by atoms with E-state index in [0.717, 1.165) is 17.5 Å². The predicted octanol–water partition coefficient (Wildman–Crippen LogP) is 5.63. The molecule has 0 aliphatic heterocycles. The Kier molecular flexibility index (Phi) is 7.69. The number of hydrogen-bond acceptors (Lipinski definition) is 5. The first kappa shape index (κ1) is 24.2. The summed E-state index contributed by atoms with van der Waals surface area (Å²) in [5.41, 5.74) is 3.09. The molecule has 168 valence electrons. The standard InChI is InChI=1S/C25H21BrN2O4S/c1-3-18-6-9-21(10-7-18)28-25(29)20(16-27)14-19-8-13-24(23(26)15-19)32-33(30,31)22-11-4-17(2)5-12-22/h4-15H,3H2,1-2H3,(H,28,29)/b20-14+. The van der Waals surface area contributed by atoms with Gasteiger partial charge in [0.15, 0.2) is 5.75 Å². The highest BCUT2D eigenvalue weighted by molar-refractivity contribution is 9.10. The molecule has 3 rings (SSSR count). The molecule has 3 aromatic rings. The molecule has 0 aromatic heterocycles. The third-order valence-corrected chi connectivity index (χ3v) is 6.63. The van der Waals surface area contributed by atoms with Crippen LogP contribution < -0.4 is 9.50 Å². The lowest BCUT2D eigenvalue weighted by Gasteiger charge is -2.10. The predicted molar refractivity (Wildman–Crippen MR) is 131 cm³/mol. The Balaban J connectivity index is 1.77. The number of amides is 1. The summed E-state index contributed by atoms with van der Waals surface area (Å²) in [6.07, 6.45) is 2.30. The summed E-state index contributed by atoms with van der Waals surface area (Å²) in [5, 5.41) is 12.1. The first-order chi connectivity index (χ1) is 15.7. The van der Waals surface area contributed by atoms with Gasteiger partial charge in [-0.25, -0.2) is 0 Å². The Morgan fingerprint density at radius 3 is 2.33 bits per heavy atom. The van der Waals surface area contributed by atoms with Crippen LogP contribution in [0.1, 0.15) is 23.6 Å². The number of carbonyl (C=O) groups excluding carboxylic acids is 1. The number of benzene rings is 3. The smallest absolute Gasteiger partial charge is 0.339 e. The molecular weight excluding hydrogens is 504 g/mol. The lowest BCUT2D eigenvalue weighted by atomic mass is 10.1. The molecular formula is C25H21BrN2O4S. The summed E-state index contributed by atoms with van der Waals surface area (Å²) in [5.74, 6) is -0.452. The van der Waals surface area contributed by atoms with Crippen LogP contribution >= 0.6 is 15.9 Å². The number of halogens is 1. The van der Waals surface area contributed by atoms with Gasteiger partial charge in [0.25, 0.3) is 5.91 Å². The van der Waals surface area contributed by atoms with Crippen molar-refractivity contribution in [3.8, 4) is 11.8 Å². The molecule has 1 N–H and O–H groups in total. The zero-order chi connectivity index (χ0) is 24.0. The van der Waals surface area contributed by atoms with E-state index >= 15 is 0 Å². The van der Waals surface area contributed by atoms with Crippen molar-refractivity contribution in [2.45, 2.75) is 25.2 Å². The van der Waals surface area contributed by atoms with Gasteiger partial charge in [0, 0.05) is 5.69 Å². The minimum atomic E-state index is -4.01. The second-order valence-electron chi connectivity index (χ2n) is 7.21. The van der Waals surface area contributed by atoms with Crippen LogP contribution in [0.5, 0.6) is 5.75 Å². The van der Waals surface area contributed by atoms with E-state index in [2.05, 4.69) is 21.2 Å². The monoisotopic (exact) mass is 524 g/mol. The molecule has 3 aromatic carbocycles. The van der Waals surface area contributed by atoms with Crippen molar-refractivity contribution < 1.29 is 17.4 Å². The molecule has 0 heterocycles. The van der Waals surface area contributed by atoms with Gasteiger partial charge in [0.1, 0.15) is 16.5 Å². The number of aryl methyl sites for hydroxylation is 2. The number of rotatable bonds is 7. The molecule has 0 bridgehead atoms. The lowest BCUT2D eigenvalue weighted by molar-refractivity contribution is -0.112. The molecule has 1 amide bonds. The summed E-state index contributed by atoms with van der Waals surface area (Å²) in [4.78, 5) is 12.5. The molecule has 0 spiro atoms. The van der Waals surface area contributed by atoms with Gasteiger partial charge in [-0.15, -0.1) is 0 Å². The Morgan fingerprint density at radius 1 is 1.09 bits per heavy atom. The summed E-state index contributed by atoms with van der Waals surface area (Å²) in [6.45, 7) is 3.90. The van der Waals surface area contributed by atoms with E-state index in [1.165, 1.54) is 24.3 Å². The maximum absolute atomic E-state index is 12.5. The van der Waals surface area contributed by atoms with Crippen molar-refractivity contribution in [3.63, 3.8) is 0 Å². The van der Waals surface area contributed by atoms with Gasteiger partial charge in [0.05, 0.1) is 4.47 Å². The zero-order valence-electron chi connectivity index (χ0n) is 18.0. The van der Waals surface area contributed by atoms with E-state index < -0.39 is 16.0 Å². The van der Waals surface area contributed by atoms with Crippen LogP contribution in [0.3, 0.4) is 0 Å². The van der Waals surface area contributed by atoms with Crippen molar-refractivity contribution in [1.82, 2.24) is 0 Å². The van der Waals surface area contributed by atoms with E-state index in [9.17, 15) is 18.5 Å². The Labute approximate surface area is 201 Å². The number of anilines is 1. The van der Waals surface area contributed by atoms with Crippen LogP contribution in [0.15, 0.2) is 81.7 Å². The van der Waals surface area contributed by atoms with Gasteiger partial charge >= 0.3 is 10.1 Å². The van der Waals surface area contributed by atoms with Crippen LogP contribution in [0, 0.1) is 18.3 Å². The largest absolute Gasteiger partial charge is 0.378 e. The highest BCUT2D eigenvalue weighted by Gasteiger charge is 2.18. The fourth-order valence-corrected chi connectivity index (χ4v) is 4.42. The molecule has 0 fully saturated rings. The molecule has 0 saturated carbocycles. The third-order valence-electron chi connectivity index (χ3n) is 4.76. The molecule has 0 saturated heterocycles. The van der Waals surface area contributed by atoms with Gasteiger partial charge in [-0.2, -0.15) is 13.7 Å². The fraction of sp³-hybridized carbons (Fsp3) is 0.120. The first-order valence-corrected chi connectivity index (χ1v) is 12.2. The molecule has 0 radical (unpaired) electrons. The third kappa shape index (κ3) is 6.31. The average Bonchev–Trinajstić information content (AvgIpc) is 2.79. The van der Waals surface area contributed by atoms with Crippen molar-refractivity contribution in [1.29, 1.82) is 5.26 Å². The van der Waals surface area contributed by atoms with Crippen LogP contribution in [0.2, 0.25) is 0 Å². The van der Waals surface area contributed by atoms with Crippen molar-refractivity contribution in [3.05, 3.63) is 93.5 Å². The van der Waals surface area contributed by atoms with Gasteiger partial charge in [-0.3, -0.25) is 4.79 Å². The highest BCUT2D eigenvalue weighted by atomic mass is 79.9. The number of nitriles is 1. The van der Waals surface area contributed by atoms with Crippen molar-refractivity contribution in [2.24, 2.45) is 0 Å². The Bertz CT molecular complexity index is 1340. The van der Waals surface area contributed by atoms with Gasteiger partial charge in [-0.05, 0) is 82.9 Å². The van der Waals surface area contributed by atoms with Crippen molar-refractivity contribution in [2.75, 3.05) is 5.32 Å². The summed E-state index contributed by atoms with van der Waals surface area (Å²) < 4.78 is 30.7. The number of carbonyl (C=O) groups is 1. The van der Waals surface area contributed by atoms with E-state index in [4.69, 9.17) is 4.18 Å². The number of nitrogens with one attached hydrogen (secondary N) is 1. The Hall–Kier alpha value is -3.41. The maximum atomic E-state index is 12.5. The van der Waals surface area contributed by atoms with Crippen LogP contribution in [-0.2, 0) is 21.3 Å². The van der Waals surface area contributed by atoms with E-state index in [0.29, 0.717) is 15.7 Å². The highest BCUT2D eigenvalue weighted by Crippen LogP contribution is 2.30. The molecule has 6 nitrogen and oxygen atoms in total. The molecule has 0 unspecified atom stereocenters. The second-order valence-corrected chi connectivity index (χ2v) is 9.62. The molecule has 0 aliphatic rings. The minimum Gasteiger partial charge on any atom is -0.378 e. The van der Waals surface area contributed by atoms with E-state index in [-0.39, 0.29) is 16.2 Å². The van der Waals surface area contributed by atoms with Crippen molar-refractivity contribution >= 4 is 43.7 Å². The molecule has 33 heavy (non-hydrogen) atoms. The molecule has 0 atom stereocenters. The normalized spacial score (nSPS) is 11.5. The van der Waals surface area contributed by atoms with Gasteiger partial charge in [-0.1, -0.05) is 42.8 Å². The number of nitrogens with zero attached hydrogens (tertiary/aromatic N) is 1. The molecule has 8 heteroatoms. The topological polar surface area (TPSA) is 96.3 Å². The SMILES string of the molecule is CCc1ccc(NC(=O)/C(C#N)=C/c2ccc(OS(=O)(=O)c3ccc(C)cc3)c(Br)c2)cc1. The average molecular weight is 525 g/mol.